The molecule has 0 aliphatic rings. The van der Waals surface area contributed by atoms with Crippen molar-refractivity contribution in [2.45, 2.75) is 20.4 Å². The molecule has 0 saturated heterocycles. The molecule has 0 atom stereocenters. The molecule has 2 aromatic rings. The highest BCUT2D eigenvalue weighted by Crippen LogP contribution is 2.21. The zero-order valence-corrected chi connectivity index (χ0v) is 13.0. The average Bonchev–Trinajstić information content (AvgIpc) is 2.48. The minimum absolute atomic E-state index is 0.0397. The van der Waals surface area contributed by atoms with E-state index in [1.807, 2.05) is 30.3 Å². The van der Waals surface area contributed by atoms with Gasteiger partial charge in [0.2, 0.25) is 0 Å². The van der Waals surface area contributed by atoms with Gasteiger partial charge in [0, 0.05) is 32.2 Å². The van der Waals surface area contributed by atoms with Crippen molar-refractivity contribution in [1.29, 1.82) is 0 Å². The molecule has 2 rings (SSSR count). The van der Waals surface area contributed by atoms with E-state index in [1.54, 1.807) is 36.3 Å². The fourth-order valence-corrected chi connectivity index (χ4v) is 2.08. The molecule has 21 heavy (non-hydrogen) atoms. The third kappa shape index (κ3) is 3.60. The maximum atomic E-state index is 12.5. The summed E-state index contributed by atoms with van der Waals surface area (Å²) in [6.07, 6.45) is 3.52. The number of amides is 2. The van der Waals surface area contributed by atoms with Gasteiger partial charge in [0.05, 0.1) is 6.54 Å². The van der Waals surface area contributed by atoms with Gasteiger partial charge in [0.1, 0.15) is 0 Å². The van der Waals surface area contributed by atoms with E-state index in [0.29, 0.717) is 6.54 Å². The smallest absolute Gasteiger partial charge is 0.324 e. The Morgan fingerprint density at radius 2 is 1.90 bits per heavy atom. The van der Waals surface area contributed by atoms with Crippen molar-refractivity contribution < 1.29 is 4.79 Å². The zero-order valence-electron chi connectivity index (χ0n) is 13.0. The quantitative estimate of drug-likeness (QED) is 0.865. The lowest BCUT2D eigenvalue weighted by Gasteiger charge is -2.26. The molecule has 4 heteroatoms. The SMILES string of the molecule is Cc1ccc(N(Cc2cccnc2)C(=O)N(C)C)cc1C. The van der Waals surface area contributed by atoms with E-state index in [0.717, 1.165) is 11.3 Å². The number of carbonyl (C=O) groups is 1. The molecule has 0 saturated carbocycles. The standard InChI is InChI=1S/C17H21N3O/c1-13-7-8-16(10-14(13)2)20(17(21)19(3)4)12-15-6-5-9-18-11-15/h5-11H,12H2,1-4H3. The number of benzene rings is 1. The number of pyridine rings is 1. The van der Waals surface area contributed by atoms with Crippen molar-refractivity contribution in [3.8, 4) is 0 Å². The molecule has 0 fully saturated rings. The van der Waals surface area contributed by atoms with E-state index >= 15 is 0 Å². The second-order valence-electron chi connectivity index (χ2n) is 5.39. The van der Waals surface area contributed by atoms with Crippen molar-refractivity contribution in [3.05, 3.63) is 59.4 Å². The van der Waals surface area contributed by atoms with Crippen LogP contribution in [0.2, 0.25) is 0 Å². The van der Waals surface area contributed by atoms with Gasteiger partial charge in [0.25, 0.3) is 0 Å². The number of aromatic nitrogens is 1. The second-order valence-corrected chi connectivity index (χ2v) is 5.39. The molecule has 4 nitrogen and oxygen atoms in total. The Morgan fingerprint density at radius 1 is 1.14 bits per heavy atom. The molecule has 110 valence electrons. The Hall–Kier alpha value is -2.36. The Morgan fingerprint density at radius 3 is 2.48 bits per heavy atom. The summed E-state index contributed by atoms with van der Waals surface area (Å²) < 4.78 is 0. The van der Waals surface area contributed by atoms with E-state index < -0.39 is 0 Å². The molecule has 0 bridgehead atoms. The van der Waals surface area contributed by atoms with Gasteiger partial charge in [-0.25, -0.2) is 4.79 Å². The maximum absolute atomic E-state index is 12.5. The molecule has 2 amide bonds. The predicted molar refractivity (Wildman–Crippen MR) is 85.4 cm³/mol. The normalized spacial score (nSPS) is 10.3. The lowest BCUT2D eigenvalue weighted by Crippen LogP contribution is -2.38. The number of rotatable bonds is 3. The van der Waals surface area contributed by atoms with Crippen LogP contribution in [0.4, 0.5) is 10.5 Å². The van der Waals surface area contributed by atoms with Crippen molar-refractivity contribution in [2.24, 2.45) is 0 Å². The Bertz CT molecular complexity index is 623. The number of hydrogen-bond acceptors (Lipinski definition) is 2. The average molecular weight is 283 g/mol. The number of aryl methyl sites for hydroxylation is 2. The van der Waals surface area contributed by atoms with Crippen LogP contribution in [0.15, 0.2) is 42.7 Å². The van der Waals surface area contributed by atoms with Crippen LogP contribution >= 0.6 is 0 Å². The predicted octanol–water partition coefficient (Wildman–Crippen LogP) is 3.39. The summed E-state index contributed by atoms with van der Waals surface area (Å²) in [7, 11) is 3.53. The van der Waals surface area contributed by atoms with Crippen molar-refractivity contribution in [2.75, 3.05) is 19.0 Å². The van der Waals surface area contributed by atoms with E-state index in [1.165, 1.54) is 11.1 Å². The van der Waals surface area contributed by atoms with Crippen LogP contribution in [0.1, 0.15) is 16.7 Å². The number of anilines is 1. The summed E-state index contributed by atoms with van der Waals surface area (Å²) in [6.45, 7) is 4.63. The fourth-order valence-electron chi connectivity index (χ4n) is 2.08. The molecule has 0 unspecified atom stereocenters. The molecule has 0 N–H and O–H groups in total. The van der Waals surface area contributed by atoms with E-state index in [-0.39, 0.29) is 6.03 Å². The fraction of sp³-hybridized carbons (Fsp3) is 0.294. The first kappa shape index (κ1) is 15.0. The first-order valence-electron chi connectivity index (χ1n) is 6.94. The monoisotopic (exact) mass is 283 g/mol. The first-order chi connectivity index (χ1) is 9.99. The summed E-state index contributed by atoms with van der Waals surface area (Å²) in [5, 5.41) is 0. The number of hydrogen-bond donors (Lipinski definition) is 0. The molecule has 0 radical (unpaired) electrons. The van der Waals surface area contributed by atoms with Gasteiger partial charge in [-0.2, -0.15) is 0 Å². The lowest BCUT2D eigenvalue weighted by atomic mass is 10.1. The van der Waals surface area contributed by atoms with Crippen molar-refractivity contribution in [3.63, 3.8) is 0 Å². The maximum Gasteiger partial charge on any atom is 0.324 e. The van der Waals surface area contributed by atoms with Crippen molar-refractivity contribution in [1.82, 2.24) is 9.88 Å². The summed E-state index contributed by atoms with van der Waals surface area (Å²) in [6, 6.07) is 9.90. The molecule has 1 aromatic heterocycles. The van der Waals surface area contributed by atoms with Crippen LogP contribution in [0, 0.1) is 13.8 Å². The van der Waals surface area contributed by atoms with Crippen LogP contribution in [0.3, 0.4) is 0 Å². The van der Waals surface area contributed by atoms with Gasteiger partial charge in [-0.1, -0.05) is 12.1 Å². The van der Waals surface area contributed by atoms with Gasteiger partial charge in [-0.05, 0) is 48.7 Å². The second kappa shape index (κ2) is 6.39. The van der Waals surface area contributed by atoms with E-state index in [2.05, 4.69) is 18.8 Å². The van der Waals surface area contributed by atoms with Crippen LogP contribution in [-0.4, -0.2) is 30.0 Å². The highest BCUT2D eigenvalue weighted by Gasteiger charge is 2.18. The molecular weight excluding hydrogens is 262 g/mol. The highest BCUT2D eigenvalue weighted by molar-refractivity contribution is 5.91. The molecule has 1 heterocycles. The van der Waals surface area contributed by atoms with Crippen LogP contribution in [0.25, 0.3) is 0 Å². The van der Waals surface area contributed by atoms with Gasteiger partial charge in [-0.3, -0.25) is 9.88 Å². The van der Waals surface area contributed by atoms with Gasteiger partial charge in [-0.15, -0.1) is 0 Å². The highest BCUT2D eigenvalue weighted by atomic mass is 16.2. The largest absolute Gasteiger partial charge is 0.330 e. The third-order valence-electron chi connectivity index (χ3n) is 3.48. The van der Waals surface area contributed by atoms with Gasteiger partial charge < -0.3 is 4.90 Å². The first-order valence-corrected chi connectivity index (χ1v) is 6.94. The summed E-state index contributed by atoms with van der Waals surface area (Å²) >= 11 is 0. The molecule has 0 aliphatic carbocycles. The van der Waals surface area contributed by atoms with Crippen LogP contribution in [0.5, 0.6) is 0 Å². The van der Waals surface area contributed by atoms with Crippen LogP contribution < -0.4 is 4.90 Å². The zero-order chi connectivity index (χ0) is 15.4. The number of urea groups is 1. The molecule has 0 spiro atoms. The molecular formula is C17H21N3O. The summed E-state index contributed by atoms with van der Waals surface area (Å²) in [4.78, 5) is 19.9. The molecule has 1 aromatic carbocycles. The van der Waals surface area contributed by atoms with E-state index in [9.17, 15) is 4.79 Å². The Balaban J connectivity index is 2.36. The van der Waals surface area contributed by atoms with Crippen LogP contribution in [-0.2, 0) is 6.54 Å². The minimum Gasteiger partial charge on any atom is -0.330 e. The third-order valence-corrected chi connectivity index (χ3v) is 3.48. The topological polar surface area (TPSA) is 36.4 Å². The Kier molecular flexibility index (Phi) is 4.58. The minimum atomic E-state index is -0.0397. The van der Waals surface area contributed by atoms with Crippen molar-refractivity contribution >= 4 is 11.7 Å². The summed E-state index contributed by atoms with van der Waals surface area (Å²) in [5.74, 6) is 0. The van der Waals surface area contributed by atoms with E-state index in [4.69, 9.17) is 0 Å². The number of carbonyl (C=O) groups excluding carboxylic acids is 1. The molecule has 0 aliphatic heterocycles. The number of nitrogens with zero attached hydrogens (tertiary/aromatic N) is 3. The lowest BCUT2D eigenvalue weighted by molar-refractivity contribution is 0.223. The van der Waals surface area contributed by atoms with Gasteiger partial charge in [0.15, 0.2) is 0 Å². The summed E-state index contributed by atoms with van der Waals surface area (Å²) in [5.41, 5.74) is 4.30. The van der Waals surface area contributed by atoms with Gasteiger partial charge >= 0.3 is 6.03 Å². The Labute approximate surface area is 126 Å².